The second kappa shape index (κ2) is 4.98. The standard InChI is InChI=1S/C16H11F3N2O/c1-10-11(9-22)5-4-8-13(10)21-14-7-3-2-6-12(14)20-15(21)16(17,18)19/h2-9H,1H3. The molecule has 0 unspecified atom stereocenters. The van der Waals surface area contributed by atoms with Crippen LogP contribution in [-0.2, 0) is 6.18 Å². The Morgan fingerprint density at radius 2 is 1.82 bits per heavy atom. The van der Waals surface area contributed by atoms with Crippen molar-refractivity contribution in [3.05, 3.63) is 59.4 Å². The Morgan fingerprint density at radius 3 is 2.50 bits per heavy atom. The van der Waals surface area contributed by atoms with E-state index < -0.39 is 12.0 Å². The fourth-order valence-corrected chi connectivity index (χ4v) is 2.47. The van der Waals surface area contributed by atoms with E-state index in [1.165, 1.54) is 6.07 Å². The summed E-state index contributed by atoms with van der Waals surface area (Å²) in [6.07, 6.45) is -3.96. The first-order chi connectivity index (χ1) is 10.4. The first kappa shape index (κ1) is 14.3. The van der Waals surface area contributed by atoms with Crippen LogP contribution in [0.1, 0.15) is 21.7 Å². The summed E-state index contributed by atoms with van der Waals surface area (Å²) in [6.45, 7) is 1.62. The second-order valence-electron chi connectivity index (χ2n) is 4.87. The predicted molar refractivity (Wildman–Crippen MR) is 76.2 cm³/mol. The van der Waals surface area contributed by atoms with Crippen molar-refractivity contribution in [2.45, 2.75) is 13.1 Å². The lowest BCUT2D eigenvalue weighted by atomic mass is 10.1. The van der Waals surface area contributed by atoms with Crippen molar-refractivity contribution in [2.75, 3.05) is 0 Å². The second-order valence-corrected chi connectivity index (χ2v) is 4.87. The molecule has 6 heteroatoms. The molecule has 0 bridgehead atoms. The lowest BCUT2D eigenvalue weighted by molar-refractivity contribution is -0.145. The minimum atomic E-state index is -4.59. The number of benzene rings is 2. The quantitative estimate of drug-likeness (QED) is 0.666. The van der Waals surface area contributed by atoms with Gasteiger partial charge in [0.2, 0.25) is 5.82 Å². The molecule has 1 heterocycles. The summed E-state index contributed by atoms with van der Waals surface area (Å²) in [5.74, 6) is -1.00. The number of hydrogen-bond acceptors (Lipinski definition) is 2. The van der Waals surface area contributed by atoms with E-state index >= 15 is 0 Å². The number of para-hydroxylation sites is 2. The lowest BCUT2D eigenvalue weighted by Gasteiger charge is -2.14. The van der Waals surface area contributed by atoms with Gasteiger partial charge in [-0.05, 0) is 30.7 Å². The number of carbonyl (C=O) groups excluding carboxylic acids is 1. The van der Waals surface area contributed by atoms with E-state index in [1.807, 2.05) is 0 Å². The molecule has 0 aliphatic heterocycles. The largest absolute Gasteiger partial charge is 0.450 e. The van der Waals surface area contributed by atoms with Crippen LogP contribution >= 0.6 is 0 Å². The molecular weight excluding hydrogens is 293 g/mol. The van der Waals surface area contributed by atoms with Gasteiger partial charge < -0.3 is 0 Å². The van der Waals surface area contributed by atoms with Gasteiger partial charge >= 0.3 is 6.18 Å². The number of hydrogen-bond donors (Lipinski definition) is 0. The molecule has 0 radical (unpaired) electrons. The summed E-state index contributed by atoms with van der Waals surface area (Å²) in [4.78, 5) is 14.8. The summed E-state index contributed by atoms with van der Waals surface area (Å²) in [6, 6.07) is 11.1. The Kier molecular flexibility index (Phi) is 3.24. The summed E-state index contributed by atoms with van der Waals surface area (Å²) in [7, 11) is 0. The molecule has 3 nitrogen and oxygen atoms in total. The smallest absolute Gasteiger partial charge is 0.298 e. The lowest BCUT2D eigenvalue weighted by Crippen LogP contribution is -2.14. The maximum Gasteiger partial charge on any atom is 0.450 e. The third-order valence-corrected chi connectivity index (χ3v) is 3.53. The molecule has 2 aromatic carbocycles. The van der Waals surface area contributed by atoms with Crippen molar-refractivity contribution in [1.82, 2.24) is 9.55 Å². The van der Waals surface area contributed by atoms with Crippen molar-refractivity contribution in [1.29, 1.82) is 0 Å². The Bertz CT molecular complexity index is 865. The molecular formula is C16H11F3N2O. The number of aldehydes is 1. The predicted octanol–water partition coefficient (Wildman–Crippen LogP) is 4.17. The first-order valence-corrected chi connectivity index (χ1v) is 6.53. The van der Waals surface area contributed by atoms with Gasteiger partial charge in [-0.2, -0.15) is 13.2 Å². The van der Waals surface area contributed by atoms with Gasteiger partial charge in [0.15, 0.2) is 0 Å². The van der Waals surface area contributed by atoms with Gasteiger partial charge in [0.1, 0.15) is 6.29 Å². The first-order valence-electron chi connectivity index (χ1n) is 6.53. The summed E-state index contributed by atoms with van der Waals surface area (Å²) >= 11 is 0. The van der Waals surface area contributed by atoms with E-state index in [0.717, 1.165) is 4.57 Å². The van der Waals surface area contributed by atoms with Crippen LogP contribution in [0.3, 0.4) is 0 Å². The van der Waals surface area contributed by atoms with Gasteiger partial charge in [0.25, 0.3) is 0 Å². The number of aromatic nitrogens is 2. The molecule has 0 spiro atoms. The van der Waals surface area contributed by atoms with Crippen LogP contribution in [0.25, 0.3) is 16.7 Å². The van der Waals surface area contributed by atoms with Gasteiger partial charge in [-0.3, -0.25) is 9.36 Å². The van der Waals surface area contributed by atoms with E-state index in [0.29, 0.717) is 28.6 Å². The van der Waals surface area contributed by atoms with E-state index in [9.17, 15) is 18.0 Å². The van der Waals surface area contributed by atoms with Crippen molar-refractivity contribution in [3.8, 4) is 5.69 Å². The molecule has 0 saturated carbocycles. The minimum Gasteiger partial charge on any atom is -0.298 e. The molecule has 3 rings (SSSR count). The Hall–Kier alpha value is -2.63. The monoisotopic (exact) mass is 304 g/mol. The van der Waals surface area contributed by atoms with Gasteiger partial charge in [-0.15, -0.1) is 0 Å². The highest BCUT2D eigenvalue weighted by atomic mass is 19.4. The third-order valence-electron chi connectivity index (χ3n) is 3.53. The zero-order valence-electron chi connectivity index (χ0n) is 11.6. The van der Waals surface area contributed by atoms with Crippen LogP contribution in [0.2, 0.25) is 0 Å². The number of nitrogens with zero attached hydrogens (tertiary/aromatic N) is 2. The molecule has 0 atom stereocenters. The third kappa shape index (κ3) is 2.16. The number of fused-ring (bicyclic) bond motifs is 1. The van der Waals surface area contributed by atoms with Crippen molar-refractivity contribution < 1.29 is 18.0 Å². The van der Waals surface area contributed by atoms with Crippen LogP contribution in [0.15, 0.2) is 42.5 Å². The van der Waals surface area contributed by atoms with E-state index in [-0.39, 0.29) is 5.52 Å². The average molecular weight is 304 g/mol. The van der Waals surface area contributed by atoms with Gasteiger partial charge in [0.05, 0.1) is 16.7 Å². The summed E-state index contributed by atoms with van der Waals surface area (Å²) < 4.78 is 41.1. The zero-order chi connectivity index (χ0) is 15.9. The van der Waals surface area contributed by atoms with E-state index in [2.05, 4.69) is 4.98 Å². The molecule has 22 heavy (non-hydrogen) atoms. The minimum absolute atomic E-state index is 0.255. The summed E-state index contributed by atoms with van der Waals surface area (Å²) in [5, 5.41) is 0. The Morgan fingerprint density at radius 1 is 1.09 bits per heavy atom. The summed E-state index contributed by atoms with van der Waals surface area (Å²) in [5.41, 5.74) is 1.73. The van der Waals surface area contributed by atoms with Gasteiger partial charge in [0, 0.05) is 5.56 Å². The SMILES string of the molecule is Cc1c(C=O)cccc1-n1c(C(F)(F)F)nc2ccccc21. The molecule has 1 aromatic heterocycles. The van der Waals surface area contributed by atoms with Crippen LogP contribution in [0.5, 0.6) is 0 Å². The number of alkyl halides is 3. The molecule has 0 fully saturated rings. The number of rotatable bonds is 2. The van der Waals surface area contributed by atoms with Crippen molar-refractivity contribution in [3.63, 3.8) is 0 Å². The normalized spacial score (nSPS) is 11.8. The number of imidazole rings is 1. The van der Waals surface area contributed by atoms with Crippen LogP contribution in [0, 0.1) is 6.92 Å². The molecule has 0 N–H and O–H groups in total. The van der Waals surface area contributed by atoms with Crippen LogP contribution in [0.4, 0.5) is 13.2 Å². The fourth-order valence-electron chi connectivity index (χ4n) is 2.47. The Labute approximate surface area is 124 Å². The number of carbonyl (C=O) groups is 1. The zero-order valence-corrected chi connectivity index (χ0v) is 11.6. The fraction of sp³-hybridized carbons (Fsp3) is 0.125. The van der Waals surface area contributed by atoms with Gasteiger partial charge in [-0.1, -0.05) is 24.3 Å². The molecule has 0 amide bonds. The molecule has 0 aliphatic rings. The highest BCUT2D eigenvalue weighted by molar-refractivity contribution is 5.82. The maximum atomic E-state index is 13.3. The van der Waals surface area contributed by atoms with E-state index in [1.54, 1.807) is 43.3 Å². The van der Waals surface area contributed by atoms with Crippen molar-refractivity contribution in [2.24, 2.45) is 0 Å². The molecule has 0 saturated heterocycles. The molecule has 3 aromatic rings. The van der Waals surface area contributed by atoms with Crippen LogP contribution < -0.4 is 0 Å². The van der Waals surface area contributed by atoms with Crippen molar-refractivity contribution >= 4 is 17.3 Å². The Balaban J connectivity index is 2.42. The molecule has 0 aliphatic carbocycles. The number of halogens is 3. The average Bonchev–Trinajstić information content (AvgIpc) is 2.87. The van der Waals surface area contributed by atoms with Gasteiger partial charge in [-0.25, -0.2) is 4.98 Å². The molecule has 112 valence electrons. The van der Waals surface area contributed by atoms with E-state index in [4.69, 9.17) is 0 Å². The highest BCUT2D eigenvalue weighted by Crippen LogP contribution is 2.34. The topological polar surface area (TPSA) is 34.9 Å². The maximum absolute atomic E-state index is 13.3. The highest BCUT2D eigenvalue weighted by Gasteiger charge is 2.38. The van der Waals surface area contributed by atoms with Crippen LogP contribution in [-0.4, -0.2) is 15.8 Å².